The molecular formula is C17H28N2O2. The van der Waals surface area contributed by atoms with E-state index < -0.39 is 0 Å². The SMILES string of the molecule is CCCN(CCOc1ccc(OCC)cc1)C1CCNC1. The first kappa shape index (κ1) is 16.1. The third-order valence-corrected chi connectivity index (χ3v) is 3.84. The first-order valence-electron chi connectivity index (χ1n) is 8.14. The molecule has 0 amide bonds. The molecule has 0 aromatic heterocycles. The molecule has 1 aliphatic heterocycles. The molecule has 21 heavy (non-hydrogen) atoms. The minimum absolute atomic E-state index is 0.675. The third-order valence-electron chi connectivity index (χ3n) is 3.84. The highest BCUT2D eigenvalue weighted by Gasteiger charge is 2.21. The van der Waals surface area contributed by atoms with Gasteiger partial charge in [-0.3, -0.25) is 4.90 Å². The Labute approximate surface area is 128 Å². The maximum atomic E-state index is 5.86. The molecule has 1 aliphatic rings. The monoisotopic (exact) mass is 292 g/mol. The van der Waals surface area contributed by atoms with Gasteiger partial charge < -0.3 is 14.8 Å². The first-order valence-corrected chi connectivity index (χ1v) is 8.14. The van der Waals surface area contributed by atoms with E-state index >= 15 is 0 Å². The lowest BCUT2D eigenvalue weighted by molar-refractivity contribution is 0.167. The topological polar surface area (TPSA) is 33.7 Å². The Morgan fingerprint density at radius 2 is 1.81 bits per heavy atom. The predicted molar refractivity (Wildman–Crippen MR) is 86.2 cm³/mol. The van der Waals surface area contributed by atoms with E-state index in [4.69, 9.17) is 9.47 Å². The average Bonchev–Trinajstić information content (AvgIpc) is 3.03. The van der Waals surface area contributed by atoms with Gasteiger partial charge in [0.2, 0.25) is 0 Å². The van der Waals surface area contributed by atoms with Crippen molar-refractivity contribution in [2.24, 2.45) is 0 Å². The molecule has 1 unspecified atom stereocenters. The van der Waals surface area contributed by atoms with E-state index in [9.17, 15) is 0 Å². The fourth-order valence-corrected chi connectivity index (χ4v) is 2.79. The molecule has 0 aliphatic carbocycles. The van der Waals surface area contributed by atoms with E-state index in [0.29, 0.717) is 12.6 Å². The molecule has 1 aromatic rings. The molecule has 1 fully saturated rings. The number of nitrogens with zero attached hydrogens (tertiary/aromatic N) is 1. The standard InChI is InChI=1S/C17H28N2O2/c1-3-11-19(15-9-10-18-14-15)12-13-21-17-7-5-16(6-8-17)20-4-2/h5-8,15,18H,3-4,9-14H2,1-2H3. The zero-order valence-corrected chi connectivity index (χ0v) is 13.3. The van der Waals surface area contributed by atoms with Crippen LogP contribution in [0.3, 0.4) is 0 Å². The predicted octanol–water partition coefficient (Wildman–Crippen LogP) is 2.54. The Kier molecular flexibility index (Phi) is 6.83. The van der Waals surface area contributed by atoms with Crippen molar-refractivity contribution >= 4 is 0 Å². The fraction of sp³-hybridized carbons (Fsp3) is 0.647. The molecule has 1 atom stereocenters. The molecule has 2 rings (SSSR count). The number of rotatable bonds is 9. The van der Waals surface area contributed by atoms with Crippen LogP contribution in [0.2, 0.25) is 0 Å². The first-order chi connectivity index (χ1) is 10.3. The molecular weight excluding hydrogens is 264 g/mol. The van der Waals surface area contributed by atoms with E-state index in [0.717, 1.165) is 44.3 Å². The van der Waals surface area contributed by atoms with Crippen LogP contribution >= 0.6 is 0 Å². The summed E-state index contributed by atoms with van der Waals surface area (Å²) in [6.45, 7) is 10.1. The average molecular weight is 292 g/mol. The summed E-state index contributed by atoms with van der Waals surface area (Å²) >= 11 is 0. The van der Waals surface area contributed by atoms with Gasteiger partial charge in [0.15, 0.2) is 0 Å². The highest BCUT2D eigenvalue weighted by atomic mass is 16.5. The van der Waals surface area contributed by atoms with Crippen LogP contribution in [-0.4, -0.2) is 50.3 Å². The minimum Gasteiger partial charge on any atom is -0.494 e. The number of nitrogens with one attached hydrogen (secondary N) is 1. The molecule has 4 heteroatoms. The molecule has 1 heterocycles. The van der Waals surface area contributed by atoms with Crippen molar-refractivity contribution in [3.8, 4) is 11.5 Å². The van der Waals surface area contributed by atoms with Crippen LogP contribution in [0.15, 0.2) is 24.3 Å². The van der Waals surface area contributed by atoms with Gasteiger partial charge in [-0.2, -0.15) is 0 Å². The second-order valence-corrected chi connectivity index (χ2v) is 5.44. The van der Waals surface area contributed by atoms with Crippen molar-refractivity contribution in [3.63, 3.8) is 0 Å². The molecule has 1 N–H and O–H groups in total. The second kappa shape index (κ2) is 8.90. The van der Waals surface area contributed by atoms with Crippen LogP contribution in [0.4, 0.5) is 0 Å². The van der Waals surface area contributed by atoms with Gasteiger partial charge in [-0.25, -0.2) is 0 Å². The van der Waals surface area contributed by atoms with Crippen molar-refractivity contribution in [1.82, 2.24) is 10.2 Å². The van der Waals surface area contributed by atoms with Crippen molar-refractivity contribution < 1.29 is 9.47 Å². The molecule has 0 saturated carbocycles. The minimum atomic E-state index is 0.675. The fourth-order valence-electron chi connectivity index (χ4n) is 2.79. The van der Waals surface area contributed by atoms with E-state index in [1.165, 1.54) is 12.8 Å². The van der Waals surface area contributed by atoms with Gasteiger partial charge in [-0.15, -0.1) is 0 Å². The summed E-state index contributed by atoms with van der Waals surface area (Å²) in [7, 11) is 0. The molecule has 118 valence electrons. The number of hydrogen-bond donors (Lipinski definition) is 1. The summed E-state index contributed by atoms with van der Waals surface area (Å²) in [5.41, 5.74) is 0. The largest absolute Gasteiger partial charge is 0.494 e. The van der Waals surface area contributed by atoms with Crippen LogP contribution in [0, 0.1) is 0 Å². The lowest BCUT2D eigenvalue weighted by atomic mass is 10.2. The van der Waals surface area contributed by atoms with Crippen LogP contribution < -0.4 is 14.8 Å². The Morgan fingerprint density at radius 3 is 2.38 bits per heavy atom. The lowest BCUT2D eigenvalue weighted by Gasteiger charge is -2.27. The van der Waals surface area contributed by atoms with Gasteiger partial charge in [-0.1, -0.05) is 6.92 Å². The summed E-state index contributed by atoms with van der Waals surface area (Å²) < 4.78 is 11.3. The van der Waals surface area contributed by atoms with Crippen LogP contribution in [-0.2, 0) is 0 Å². The van der Waals surface area contributed by atoms with Gasteiger partial charge >= 0.3 is 0 Å². The summed E-state index contributed by atoms with van der Waals surface area (Å²) in [4.78, 5) is 2.55. The second-order valence-electron chi connectivity index (χ2n) is 5.44. The van der Waals surface area contributed by atoms with Crippen LogP contribution in [0.5, 0.6) is 11.5 Å². The number of benzene rings is 1. The van der Waals surface area contributed by atoms with Gasteiger partial charge in [0.05, 0.1) is 6.61 Å². The van der Waals surface area contributed by atoms with E-state index in [1.807, 2.05) is 31.2 Å². The van der Waals surface area contributed by atoms with Gasteiger partial charge in [-0.05, 0) is 57.1 Å². The summed E-state index contributed by atoms with van der Waals surface area (Å²) in [6.07, 6.45) is 2.45. The molecule has 4 nitrogen and oxygen atoms in total. The molecule has 0 spiro atoms. The maximum Gasteiger partial charge on any atom is 0.119 e. The third kappa shape index (κ3) is 5.21. The lowest BCUT2D eigenvalue weighted by Crippen LogP contribution is -2.40. The maximum absolute atomic E-state index is 5.86. The van der Waals surface area contributed by atoms with E-state index in [-0.39, 0.29) is 0 Å². The summed E-state index contributed by atoms with van der Waals surface area (Å²) in [5, 5.41) is 3.44. The van der Waals surface area contributed by atoms with Crippen molar-refractivity contribution in [2.75, 3.05) is 39.4 Å². The van der Waals surface area contributed by atoms with Gasteiger partial charge in [0.25, 0.3) is 0 Å². The number of ether oxygens (including phenoxy) is 2. The summed E-state index contributed by atoms with van der Waals surface area (Å²) in [5.74, 6) is 1.81. The van der Waals surface area contributed by atoms with Crippen molar-refractivity contribution in [2.45, 2.75) is 32.7 Å². The van der Waals surface area contributed by atoms with Crippen LogP contribution in [0.25, 0.3) is 0 Å². The Morgan fingerprint density at radius 1 is 1.10 bits per heavy atom. The normalized spacial score (nSPS) is 18.1. The zero-order valence-electron chi connectivity index (χ0n) is 13.3. The summed E-state index contributed by atoms with van der Waals surface area (Å²) in [6, 6.07) is 8.56. The quantitative estimate of drug-likeness (QED) is 0.758. The molecule has 1 aromatic carbocycles. The highest BCUT2D eigenvalue weighted by Crippen LogP contribution is 2.17. The van der Waals surface area contributed by atoms with Crippen LogP contribution in [0.1, 0.15) is 26.7 Å². The van der Waals surface area contributed by atoms with Gasteiger partial charge in [0, 0.05) is 19.1 Å². The van der Waals surface area contributed by atoms with Crippen molar-refractivity contribution in [1.29, 1.82) is 0 Å². The zero-order chi connectivity index (χ0) is 14.9. The Hall–Kier alpha value is -1.26. The highest BCUT2D eigenvalue weighted by molar-refractivity contribution is 5.31. The molecule has 0 radical (unpaired) electrons. The van der Waals surface area contributed by atoms with Crippen molar-refractivity contribution in [3.05, 3.63) is 24.3 Å². The van der Waals surface area contributed by atoms with E-state index in [2.05, 4.69) is 17.1 Å². The van der Waals surface area contributed by atoms with E-state index in [1.54, 1.807) is 0 Å². The van der Waals surface area contributed by atoms with Gasteiger partial charge in [0.1, 0.15) is 18.1 Å². The Bertz CT molecular complexity index is 388. The molecule has 0 bridgehead atoms. The Balaban J connectivity index is 1.75. The number of hydrogen-bond acceptors (Lipinski definition) is 4. The smallest absolute Gasteiger partial charge is 0.119 e. The molecule has 1 saturated heterocycles.